The lowest BCUT2D eigenvalue weighted by molar-refractivity contribution is 0.0947. The van der Waals surface area contributed by atoms with Crippen molar-refractivity contribution in [3.63, 3.8) is 0 Å². The first kappa shape index (κ1) is 12.0. The minimum atomic E-state index is -0.142. The molecular weight excluding hydrogens is 238 g/mol. The van der Waals surface area contributed by atoms with E-state index in [0.717, 1.165) is 23.4 Å². The van der Waals surface area contributed by atoms with Gasteiger partial charge in [-0.1, -0.05) is 25.1 Å². The van der Waals surface area contributed by atoms with E-state index in [1.807, 2.05) is 24.3 Å². The highest BCUT2D eigenvalue weighted by Gasteiger charge is 2.32. The number of anilines is 1. The molecule has 1 amide bonds. The Hall–Kier alpha value is -2.10. The zero-order valence-corrected chi connectivity index (χ0v) is 10.9. The Kier molecular flexibility index (Phi) is 2.85. The average molecular weight is 255 g/mol. The van der Waals surface area contributed by atoms with Gasteiger partial charge in [0.15, 0.2) is 0 Å². The van der Waals surface area contributed by atoms with Crippen molar-refractivity contribution < 1.29 is 4.79 Å². The Morgan fingerprint density at radius 2 is 2.21 bits per heavy atom. The van der Waals surface area contributed by atoms with E-state index in [0.29, 0.717) is 17.3 Å². The monoisotopic (exact) mass is 255 g/mol. The van der Waals surface area contributed by atoms with Gasteiger partial charge in [0.05, 0.1) is 5.52 Å². The summed E-state index contributed by atoms with van der Waals surface area (Å²) in [5, 5.41) is 3.81. The van der Waals surface area contributed by atoms with E-state index in [1.165, 1.54) is 6.42 Å². The maximum absolute atomic E-state index is 12.1. The van der Waals surface area contributed by atoms with Crippen molar-refractivity contribution in [3.8, 4) is 0 Å². The first-order chi connectivity index (χ1) is 9.15. The van der Waals surface area contributed by atoms with Crippen LogP contribution < -0.4 is 11.1 Å². The molecule has 3 rings (SSSR count). The summed E-state index contributed by atoms with van der Waals surface area (Å²) in [6.07, 6.45) is 1.20. The third-order valence-corrected chi connectivity index (χ3v) is 3.78. The van der Waals surface area contributed by atoms with Gasteiger partial charge in [0.2, 0.25) is 0 Å². The van der Waals surface area contributed by atoms with E-state index in [4.69, 9.17) is 5.73 Å². The molecule has 19 heavy (non-hydrogen) atoms. The van der Waals surface area contributed by atoms with Crippen molar-refractivity contribution in [1.82, 2.24) is 10.3 Å². The summed E-state index contributed by atoms with van der Waals surface area (Å²) >= 11 is 0. The summed E-state index contributed by atoms with van der Waals surface area (Å²) in [5.74, 6) is 1.22. The molecule has 3 N–H and O–H groups in total. The van der Waals surface area contributed by atoms with Gasteiger partial charge in [-0.25, -0.2) is 4.98 Å². The van der Waals surface area contributed by atoms with Crippen LogP contribution in [0, 0.1) is 11.8 Å². The lowest BCUT2D eigenvalue weighted by Gasteiger charge is -2.07. The molecule has 1 aliphatic rings. The molecule has 0 radical (unpaired) electrons. The zero-order valence-electron chi connectivity index (χ0n) is 10.9. The van der Waals surface area contributed by atoms with Crippen LogP contribution in [0.3, 0.4) is 0 Å². The predicted octanol–water partition coefficient (Wildman–Crippen LogP) is 2.20. The number of carbonyl (C=O) groups is 1. The average Bonchev–Trinajstić information content (AvgIpc) is 3.12. The fourth-order valence-corrected chi connectivity index (χ4v) is 2.32. The number of nitrogens with two attached hydrogens (primary N) is 1. The number of nitrogens with zero attached hydrogens (tertiary/aromatic N) is 1. The van der Waals surface area contributed by atoms with Crippen LogP contribution in [0.4, 0.5) is 5.69 Å². The number of pyridine rings is 1. The largest absolute Gasteiger partial charge is 0.398 e. The normalized spacial score (nSPS) is 21.3. The van der Waals surface area contributed by atoms with Gasteiger partial charge in [-0.3, -0.25) is 4.79 Å². The molecule has 1 heterocycles. The van der Waals surface area contributed by atoms with Crippen LogP contribution >= 0.6 is 0 Å². The van der Waals surface area contributed by atoms with Crippen molar-refractivity contribution in [3.05, 3.63) is 36.0 Å². The Morgan fingerprint density at radius 3 is 2.95 bits per heavy atom. The number of rotatable bonds is 3. The summed E-state index contributed by atoms with van der Waals surface area (Å²) < 4.78 is 0. The molecule has 2 aromatic rings. The molecule has 1 aromatic carbocycles. The van der Waals surface area contributed by atoms with E-state index >= 15 is 0 Å². The van der Waals surface area contributed by atoms with Crippen LogP contribution in [0.2, 0.25) is 0 Å². The van der Waals surface area contributed by atoms with E-state index in [9.17, 15) is 4.79 Å². The molecular formula is C15H17N3O. The standard InChI is InChI=1S/C15H17N3O/c1-9-6-10(9)8-17-15(19)14-7-12(16)11-4-2-3-5-13(11)18-14/h2-5,7,9-10H,6,8H2,1H3,(H2,16,18)(H,17,19). The molecule has 2 atom stereocenters. The van der Waals surface area contributed by atoms with E-state index < -0.39 is 0 Å². The van der Waals surface area contributed by atoms with Crippen molar-refractivity contribution in [2.24, 2.45) is 11.8 Å². The number of benzene rings is 1. The van der Waals surface area contributed by atoms with Crippen LogP contribution in [-0.4, -0.2) is 17.4 Å². The number of aromatic nitrogens is 1. The quantitative estimate of drug-likeness (QED) is 0.883. The predicted molar refractivity (Wildman–Crippen MR) is 75.8 cm³/mol. The second-order valence-electron chi connectivity index (χ2n) is 5.30. The SMILES string of the molecule is CC1CC1CNC(=O)c1cc(N)c2ccccc2n1. The van der Waals surface area contributed by atoms with Gasteiger partial charge in [0, 0.05) is 17.6 Å². The van der Waals surface area contributed by atoms with Crippen LogP contribution in [-0.2, 0) is 0 Å². The van der Waals surface area contributed by atoms with Gasteiger partial charge in [0.1, 0.15) is 5.69 Å². The van der Waals surface area contributed by atoms with Gasteiger partial charge < -0.3 is 11.1 Å². The molecule has 4 nitrogen and oxygen atoms in total. The van der Waals surface area contributed by atoms with Crippen molar-refractivity contribution >= 4 is 22.5 Å². The van der Waals surface area contributed by atoms with Crippen molar-refractivity contribution in [2.75, 3.05) is 12.3 Å². The summed E-state index contributed by atoms with van der Waals surface area (Å²) in [6, 6.07) is 9.22. The molecule has 0 saturated heterocycles. The highest BCUT2D eigenvalue weighted by Crippen LogP contribution is 2.36. The van der Waals surface area contributed by atoms with E-state index in [2.05, 4.69) is 17.2 Å². The highest BCUT2D eigenvalue weighted by atomic mass is 16.1. The maximum Gasteiger partial charge on any atom is 0.269 e. The van der Waals surface area contributed by atoms with Gasteiger partial charge in [0.25, 0.3) is 5.91 Å². The van der Waals surface area contributed by atoms with Gasteiger partial charge in [-0.15, -0.1) is 0 Å². The second kappa shape index (κ2) is 4.53. The molecule has 4 heteroatoms. The van der Waals surface area contributed by atoms with Gasteiger partial charge in [-0.05, 0) is 30.4 Å². The van der Waals surface area contributed by atoms with E-state index in [-0.39, 0.29) is 5.91 Å². The fraction of sp³-hybridized carbons (Fsp3) is 0.333. The number of nitrogen functional groups attached to an aromatic ring is 1. The Labute approximate surface area is 112 Å². The number of carbonyl (C=O) groups excluding carboxylic acids is 1. The van der Waals surface area contributed by atoms with Crippen molar-refractivity contribution in [1.29, 1.82) is 0 Å². The fourth-order valence-electron chi connectivity index (χ4n) is 2.32. The number of para-hydroxylation sites is 1. The summed E-state index contributed by atoms with van der Waals surface area (Å²) in [5.41, 5.74) is 7.71. The third-order valence-electron chi connectivity index (χ3n) is 3.78. The smallest absolute Gasteiger partial charge is 0.269 e. The first-order valence-electron chi connectivity index (χ1n) is 6.58. The third kappa shape index (κ3) is 2.38. The molecule has 98 valence electrons. The second-order valence-corrected chi connectivity index (χ2v) is 5.30. The molecule has 1 fully saturated rings. The van der Waals surface area contributed by atoms with Gasteiger partial charge in [-0.2, -0.15) is 0 Å². The van der Waals surface area contributed by atoms with Crippen LogP contribution in [0.1, 0.15) is 23.8 Å². The Morgan fingerprint density at radius 1 is 1.47 bits per heavy atom. The highest BCUT2D eigenvalue weighted by molar-refractivity contribution is 5.99. The van der Waals surface area contributed by atoms with Crippen LogP contribution in [0.5, 0.6) is 0 Å². The summed E-state index contributed by atoms with van der Waals surface area (Å²) in [6.45, 7) is 2.93. The van der Waals surface area contributed by atoms with Crippen molar-refractivity contribution in [2.45, 2.75) is 13.3 Å². The zero-order chi connectivity index (χ0) is 13.4. The minimum Gasteiger partial charge on any atom is -0.398 e. The van der Waals surface area contributed by atoms with Crippen LogP contribution in [0.25, 0.3) is 10.9 Å². The Bertz CT molecular complexity index is 638. The van der Waals surface area contributed by atoms with Crippen LogP contribution in [0.15, 0.2) is 30.3 Å². The number of fused-ring (bicyclic) bond motifs is 1. The summed E-state index contributed by atoms with van der Waals surface area (Å²) in [4.78, 5) is 16.4. The maximum atomic E-state index is 12.1. The molecule has 0 spiro atoms. The molecule has 0 aliphatic heterocycles. The lowest BCUT2D eigenvalue weighted by atomic mass is 10.1. The molecule has 0 bridgehead atoms. The van der Waals surface area contributed by atoms with Gasteiger partial charge >= 0.3 is 0 Å². The van der Waals surface area contributed by atoms with E-state index in [1.54, 1.807) is 6.07 Å². The molecule has 1 aliphatic carbocycles. The molecule has 1 aromatic heterocycles. The number of amides is 1. The molecule has 2 unspecified atom stereocenters. The minimum absolute atomic E-state index is 0.142. The number of hydrogen-bond donors (Lipinski definition) is 2. The first-order valence-corrected chi connectivity index (χ1v) is 6.58. The Balaban J connectivity index is 1.81. The number of hydrogen-bond acceptors (Lipinski definition) is 3. The number of nitrogens with one attached hydrogen (secondary N) is 1. The topological polar surface area (TPSA) is 68.0 Å². The summed E-state index contributed by atoms with van der Waals surface area (Å²) in [7, 11) is 0. The lowest BCUT2D eigenvalue weighted by Crippen LogP contribution is -2.26. The molecule has 1 saturated carbocycles.